The van der Waals surface area contributed by atoms with Crippen molar-refractivity contribution < 1.29 is 0 Å². The van der Waals surface area contributed by atoms with E-state index in [1.807, 2.05) is 0 Å². The number of hydrogen-bond acceptors (Lipinski definition) is 1. The van der Waals surface area contributed by atoms with Gasteiger partial charge in [0.25, 0.3) is 0 Å². The Kier molecular flexibility index (Phi) is 5.07. The fourth-order valence-electron chi connectivity index (χ4n) is 3.36. The Balaban J connectivity index is 4.45. The summed E-state index contributed by atoms with van der Waals surface area (Å²) in [4.78, 5) is 0. The third kappa shape index (κ3) is 8.15. The molecule has 0 aromatic heterocycles. The van der Waals surface area contributed by atoms with E-state index in [4.69, 9.17) is 0 Å². The monoisotopic (exact) mass is 227 g/mol. The lowest BCUT2D eigenvalue weighted by Crippen LogP contribution is -2.53. The maximum absolute atomic E-state index is 3.82. The minimum atomic E-state index is 0.205. The Morgan fingerprint density at radius 1 is 0.812 bits per heavy atom. The van der Waals surface area contributed by atoms with Gasteiger partial charge in [0.05, 0.1) is 0 Å². The first-order valence-electron chi connectivity index (χ1n) is 6.62. The summed E-state index contributed by atoms with van der Waals surface area (Å²) in [7, 11) is 0. The molecule has 0 bridgehead atoms. The highest BCUT2D eigenvalue weighted by Crippen LogP contribution is 2.29. The second-order valence-corrected chi connectivity index (χ2v) is 8.23. The first-order chi connectivity index (χ1) is 6.83. The summed E-state index contributed by atoms with van der Waals surface area (Å²) in [6.07, 6.45) is 2.42. The first-order valence-corrected chi connectivity index (χ1v) is 6.62. The normalized spacial score (nSPS) is 14.6. The molecular formula is C15H33N. The zero-order valence-electron chi connectivity index (χ0n) is 13.0. The molecule has 0 saturated heterocycles. The van der Waals surface area contributed by atoms with E-state index >= 15 is 0 Å². The predicted octanol–water partition coefficient (Wildman–Crippen LogP) is 4.62. The maximum Gasteiger partial charge on any atom is 0.0135 e. The summed E-state index contributed by atoms with van der Waals surface area (Å²) in [5.41, 5.74) is 0.809. The van der Waals surface area contributed by atoms with E-state index in [1.165, 1.54) is 12.8 Å². The Hall–Kier alpha value is -0.0400. The molecule has 0 unspecified atom stereocenters. The summed E-state index contributed by atoms with van der Waals surface area (Å²) in [6, 6.07) is 0. The van der Waals surface area contributed by atoms with Gasteiger partial charge in [-0.15, -0.1) is 0 Å². The minimum absolute atomic E-state index is 0.205. The molecule has 1 N–H and O–H groups in total. The first kappa shape index (κ1) is 16.0. The van der Waals surface area contributed by atoms with Crippen molar-refractivity contribution in [2.75, 3.05) is 0 Å². The van der Waals surface area contributed by atoms with Crippen molar-refractivity contribution in [2.45, 2.75) is 86.2 Å². The van der Waals surface area contributed by atoms with Gasteiger partial charge < -0.3 is 5.32 Å². The molecule has 0 aliphatic heterocycles. The Bertz CT molecular complexity index is 206. The van der Waals surface area contributed by atoms with Crippen molar-refractivity contribution in [3.63, 3.8) is 0 Å². The third-order valence-electron chi connectivity index (χ3n) is 2.57. The van der Waals surface area contributed by atoms with E-state index in [0.29, 0.717) is 5.41 Å². The van der Waals surface area contributed by atoms with Crippen LogP contribution in [0.5, 0.6) is 0 Å². The van der Waals surface area contributed by atoms with Crippen molar-refractivity contribution in [1.29, 1.82) is 0 Å². The molecule has 0 aromatic rings. The topological polar surface area (TPSA) is 12.0 Å². The average molecular weight is 227 g/mol. The van der Waals surface area contributed by atoms with E-state index in [-0.39, 0.29) is 11.1 Å². The van der Waals surface area contributed by atoms with Crippen LogP contribution in [0.1, 0.15) is 75.2 Å². The van der Waals surface area contributed by atoms with Crippen LogP contribution in [0.25, 0.3) is 0 Å². The lowest BCUT2D eigenvalue weighted by atomic mass is 9.79. The molecule has 0 heterocycles. The molecule has 0 saturated carbocycles. The molecule has 98 valence electrons. The van der Waals surface area contributed by atoms with E-state index in [9.17, 15) is 0 Å². The molecule has 0 fully saturated rings. The van der Waals surface area contributed by atoms with Gasteiger partial charge in [-0.05, 0) is 51.9 Å². The lowest BCUT2D eigenvalue weighted by molar-refractivity contribution is 0.175. The highest BCUT2D eigenvalue weighted by Gasteiger charge is 2.31. The van der Waals surface area contributed by atoms with Gasteiger partial charge in [0, 0.05) is 11.1 Å². The van der Waals surface area contributed by atoms with E-state index < -0.39 is 0 Å². The van der Waals surface area contributed by atoms with Gasteiger partial charge in [0.15, 0.2) is 0 Å². The zero-order valence-corrected chi connectivity index (χ0v) is 13.0. The Labute approximate surface area is 103 Å². The molecule has 16 heavy (non-hydrogen) atoms. The Morgan fingerprint density at radius 2 is 1.25 bits per heavy atom. The molecule has 0 rings (SSSR count). The summed E-state index contributed by atoms with van der Waals surface area (Å²) in [5, 5.41) is 3.82. The fraction of sp³-hybridized carbons (Fsp3) is 1.00. The van der Waals surface area contributed by atoms with Crippen molar-refractivity contribution in [2.24, 2.45) is 11.3 Å². The summed E-state index contributed by atoms with van der Waals surface area (Å²) in [6.45, 7) is 20.8. The molecule has 0 aliphatic carbocycles. The quantitative estimate of drug-likeness (QED) is 0.723. The van der Waals surface area contributed by atoms with Gasteiger partial charge in [-0.3, -0.25) is 0 Å². The predicted molar refractivity (Wildman–Crippen MR) is 74.8 cm³/mol. The molecule has 1 nitrogen and oxygen atoms in total. The fourth-order valence-corrected chi connectivity index (χ4v) is 3.36. The van der Waals surface area contributed by atoms with Crippen LogP contribution in [0, 0.1) is 11.3 Å². The summed E-state index contributed by atoms with van der Waals surface area (Å²) >= 11 is 0. The maximum atomic E-state index is 3.82. The zero-order chi connectivity index (χ0) is 13.2. The van der Waals surface area contributed by atoms with Gasteiger partial charge in [-0.2, -0.15) is 0 Å². The molecule has 0 aliphatic rings. The SMILES string of the molecule is CC(C)CC(C)(C)NC(C)(C)CC(C)(C)C. The van der Waals surface area contributed by atoms with Crippen molar-refractivity contribution in [3.8, 4) is 0 Å². The van der Waals surface area contributed by atoms with Crippen LogP contribution in [-0.2, 0) is 0 Å². The number of hydrogen-bond donors (Lipinski definition) is 1. The van der Waals surface area contributed by atoms with Gasteiger partial charge >= 0.3 is 0 Å². The van der Waals surface area contributed by atoms with Gasteiger partial charge in [0.1, 0.15) is 0 Å². The van der Waals surface area contributed by atoms with Crippen LogP contribution in [-0.4, -0.2) is 11.1 Å². The number of nitrogens with one attached hydrogen (secondary N) is 1. The summed E-state index contributed by atoms with van der Waals surface area (Å²) < 4.78 is 0. The molecule has 0 radical (unpaired) electrons. The standard InChI is InChI=1S/C15H33N/c1-12(2)10-14(6,7)16-15(8,9)11-13(3,4)5/h12,16H,10-11H2,1-9H3. The molecule has 1 heteroatoms. The van der Waals surface area contributed by atoms with Crippen LogP contribution in [0.3, 0.4) is 0 Å². The minimum Gasteiger partial charge on any atom is -0.307 e. The van der Waals surface area contributed by atoms with Crippen molar-refractivity contribution >= 4 is 0 Å². The molecule has 0 amide bonds. The largest absolute Gasteiger partial charge is 0.307 e. The number of rotatable bonds is 5. The smallest absolute Gasteiger partial charge is 0.0135 e. The Morgan fingerprint density at radius 3 is 1.56 bits per heavy atom. The van der Waals surface area contributed by atoms with Crippen LogP contribution in [0.15, 0.2) is 0 Å². The molecular weight excluding hydrogens is 194 g/mol. The van der Waals surface area contributed by atoms with Crippen molar-refractivity contribution in [1.82, 2.24) is 5.32 Å². The molecule has 0 aromatic carbocycles. The van der Waals surface area contributed by atoms with Crippen LogP contribution in [0.4, 0.5) is 0 Å². The molecule has 0 atom stereocenters. The lowest BCUT2D eigenvalue weighted by Gasteiger charge is -2.41. The van der Waals surface area contributed by atoms with Crippen LogP contribution < -0.4 is 5.32 Å². The second kappa shape index (κ2) is 5.08. The van der Waals surface area contributed by atoms with Gasteiger partial charge in [0.2, 0.25) is 0 Å². The summed E-state index contributed by atoms with van der Waals surface area (Å²) in [5.74, 6) is 0.743. The molecule has 0 spiro atoms. The average Bonchev–Trinajstić information content (AvgIpc) is 1.69. The third-order valence-corrected chi connectivity index (χ3v) is 2.57. The van der Waals surface area contributed by atoms with Crippen molar-refractivity contribution in [3.05, 3.63) is 0 Å². The van der Waals surface area contributed by atoms with Gasteiger partial charge in [-0.1, -0.05) is 34.6 Å². The van der Waals surface area contributed by atoms with Gasteiger partial charge in [-0.25, -0.2) is 0 Å². The second-order valence-electron chi connectivity index (χ2n) is 8.23. The van der Waals surface area contributed by atoms with Crippen LogP contribution in [0.2, 0.25) is 0 Å². The highest BCUT2D eigenvalue weighted by atomic mass is 15.0. The van der Waals surface area contributed by atoms with Crippen LogP contribution >= 0.6 is 0 Å². The van der Waals surface area contributed by atoms with E-state index in [0.717, 1.165) is 5.92 Å². The highest BCUT2D eigenvalue weighted by molar-refractivity contribution is 4.91. The van der Waals surface area contributed by atoms with E-state index in [1.54, 1.807) is 0 Å². The van der Waals surface area contributed by atoms with E-state index in [2.05, 4.69) is 67.6 Å².